The fourth-order valence-corrected chi connectivity index (χ4v) is 4.10. The number of hydrogen-bond donors (Lipinski definition) is 1. The first kappa shape index (κ1) is 14.3. The third-order valence-corrected chi connectivity index (χ3v) is 5.19. The van der Waals surface area contributed by atoms with Crippen molar-refractivity contribution < 1.29 is 14.3 Å². The molecule has 20 heavy (non-hydrogen) atoms. The first-order valence-electron chi connectivity index (χ1n) is 7.95. The minimum atomic E-state index is -0.513. The molecule has 0 spiro atoms. The average Bonchev–Trinajstić information content (AvgIpc) is 3.13. The van der Waals surface area contributed by atoms with Crippen LogP contribution in [0.1, 0.15) is 38.5 Å². The number of nitrogens with one attached hydrogen (secondary N) is 1. The summed E-state index contributed by atoms with van der Waals surface area (Å²) in [4.78, 5) is 14.9. The number of ether oxygens (including phenoxy) is 2. The zero-order chi connectivity index (χ0) is 14.0. The smallest absolute Gasteiger partial charge is 0.327 e. The Balaban J connectivity index is 1.72. The number of methoxy groups -OCH3 is 1. The lowest BCUT2D eigenvalue weighted by Crippen LogP contribution is -2.62. The molecule has 3 heterocycles. The fraction of sp³-hybridized carbons (Fsp3) is 0.933. The lowest BCUT2D eigenvalue weighted by molar-refractivity contribution is -0.150. The SMILES string of the molecule is COC(=O)C1(NCC2CCCO2)CCN2CCCCC21. The molecule has 5 nitrogen and oxygen atoms in total. The number of hydrogen-bond acceptors (Lipinski definition) is 5. The van der Waals surface area contributed by atoms with Crippen molar-refractivity contribution in [2.75, 3.05) is 33.4 Å². The van der Waals surface area contributed by atoms with E-state index in [9.17, 15) is 4.79 Å². The van der Waals surface area contributed by atoms with Gasteiger partial charge in [0, 0.05) is 25.7 Å². The van der Waals surface area contributed by atoms with Crippen molar-refractivity contribution in [2.24, 2.45) is 0 Å². The number of piperidine rings is 1. The molecule has 3 aliphatic heterocycles. The Bertz CT molecular complexity index is 357. The molecule has 5 heteroatoms. The van der Waals surface area contributed by atoms with Crippen molar-refractivity contribution in [3.8, 4) is 0 Å². The van der Waals surface area contributed by atoms with Crippen LogP contribution in [0, 0.1) is 0 Å². The highest BCUT2D eigenvalue weighted by molar-refractivity contribution is 5.82. The van der Waals surface area contributed by atoms with E-state index in [-0.39, 0.29) is 12.1 Å². The van der Waals surface area contributed by atoms with E-state index >= 15 is 0 Å². The van der Waals surface area contributed by atoms with Crippen molar-refractivity contribution in [1.29, 1.82) is 0 Å². The molecule has 3 rings (SSSR count). The monoisotopic (exact) mass is 282 g/mol. The van der Waals surface area contributed by atoms with Crippen molar-refractivity contribution in [3.05, 3.63) is 0 Å². The Morgan fingerprint density at radius 1 is 1.35 bits per heavy atom. The van der Waals surface area contributed by atoms with Crippen molar-refractivity contribution in [1.82, 2.24) is 10.2 Å². The van der Waals surface area contributed by atoms with Gasteiger partial charge in [0.2, 0.25) is 0 Å². The number of carbonyl (C=O) groups is 1. The van der Waals surface area contributed by atoms with Gasteiger partial charge in [0.05, 0.1) is 13.2 Å². The van der Waals surface area contributed by atoms with E-state index in [0.29, 0.717) is 6.04 Å². The first-order valence-corrected chi connectivity index (χ1v) is 7.95. The molecule has 0 amide bonds. The van der Waals surface area contributed by atoms with Gasteiger partial charge in [-0.3, -0.25) is 10.2 Å². The van der Waals surface area contributed by atoms with Crippen LogP contribution < -0.4 is 5.32 Å². The maximum Gasteiger partial charge on any atom is 0.327 e. The molecule has 0 aromatic heterocycles. The van der Waals surface area contributed by atoms with Crippen LogP contribution in [0.2, 0.25) is 0 Å². The van der Waals surface area contributed by atoms with Crippen LogP contribution in [0.15, 0.2) is 0 Å². The topological polar surface area (TPSA) is 50.8 Å². The number of esters is 1. The van der Waals surface area contributed by atoms with Gasteiger partial charge in [-0.1, -0.05) is 6.42 Å². The molecular weight excluding hydrogens is 256 g/mol. The predicted octanol–water partition coefficient (Wildman–Crippen LogP) is 0.925. The summed E-state index contributed by atoms with van der Waals surface area (Å²) in [5.74, 6) is -0.0927. The highest BCUT2D eigenvalue weighted by atomic mass is 16.5. The predicted molar refractivity (Wildman–Crippen MR) is 75.6 cm³/mol. The molecule has 3 atom stereocenters. The molecular formula is C15H26N2O3. The molecule has 0 aromatic rings. The van der Waals surface area contributed by atoms with Gasteiger partial charge < -0.3 is 9.47 Å². The number of rotatable bonds is 4. The summed E-state index contributed by atoms with van der Waals surface area (Å²) in [6.07, 6.45) is 6.89. The number of nitrogens with zero attached hydrogens (tertiary/aromatic N) is 1. The van der Waals surface area contributed by atoms with Gasteiger partial charge in [-0.2, -0.15) is 0 Å². The molecule has 0 aliphatic carbocycles. The van der Waals surface area contributed by atoms with Gasteiger partial charge >= 0.3 is 5.97 Å². The van der Waals surface area contributed by atoms with Crippen LogP contribution in [0.4, 0.5) is 0 Å². The Hall–Kier alpha value is -0.650. The molecule has 114 valence electrons. The molecule has 0 radical (unpaired) electrons. The largest absolute Gasteiger partial charge is 0.468 e. The van der Waals surface area contributed by atoms with Crippen LogP contribution in [0.3, 0.4) is 0 Å². The van der Waals surface area contributed by atoms with Crippen LogP contribution in [-0.4, -0.2) is 61.9 Å². The zero-order valence-electron chi connectivity index (χ0n) is 12.4. The summed E-state index contributed by atoms with van der Waals surface area (Å²) in [6, 6.07) is 0.296. The normalized spacial score (nSPS) is 37.9. The van der Waals surface area contributed by atoms with Gasteiger partial charge in [0.25, 0.3) is 0 Å². The second-order valence-corrected chi connectivity index (χ2v) is 6.28. The second-order valence-electron chi connectivity index (χ2n) is 6.28. The minimum absolute atomic E-state index is 0.0927. The quantitative estimate of drug-likeness (QED) is 0.777. The van der Waals surface area contributed by atoms with Crippen LogP contribution in [0.5, 0.6) is 0 Å². The van der Waals surface area contributed by atoms with Crippen molar-refractivity contribution in [3.63, 3.8) is 0 Å². The lowest BCUT2D eigenvalue weighted by Gasteiger charge is -2.39. The molecule has 1 N–H and O–H groups in total. The Morgan fingerprint density at radius 3 is 3.00 bits per heavy atom. The fourth-order valence-electron chi connectivity index (χ4n) is 4.10. The summed E-state index contributed by atoms with van der Waals surface area (Å²) in [6.45, 7) is 3.73. The minimum Gasteiger partial charge on any atom is -0.468 e. The highest BCUT2D eigenvalue weighted by Gasteiger charge is 2.53. The molecule has 0 saturated carbocycles. The number of fused-ring (bicyclic) bond motifs is 1. The zero-order valence-corrected chi connectivity index (χ0v) is 12.4. The van der Waals surface area contributed by atoms with Gasteiger partial charge in [-0.25, -0.2) is 4.79 Å². The third kappa shape index (κ3) is 2.47. The van der Waals surface area contributed by atoms with Crippen LogP contribution in [-0.2, 0) is 14.3 Å². The third-order valence-electron chi connectivity index (χ3n) is 5.19. The summed E-state index contributed by atoms with van der Waals surface area (Å²) < 4.78 is 10.8. The lowest BCUT2D eigenvalue weighted by atomic mass is 9.85. The summed E-state index contributed by atoms with van der Waals surface area (Å²) in [5, 5.41) is 3.55. The Labute approximate surface area is 121 Å². The van der Waals surface area contributed by atoms with Gasteiger partial charge in [-0.15, -0.1) is 0 Å². The average molecular weight is 282 g/mol. The first-order chi connectivity index (χ1) is 9.76. The number of carbonyl (C=O) groups excluding carboxylic acids is 1. The molecule has 0 bridgehead atoms. The van der Waals surface area contributed by atoms with E-state index in [1.807, 2.05) is 0 Å². The molecule has 3 unspecified atom stereocenters. The van der Waals surface area contributed by atoms with E-state index in [1.54, 1.807) is 0 Å². The summed E-state index contributed by atoms with van der Waals surface area (Å²) in [7, 11) is 1.50. The standard InChI is InChI=1S/C15H26N2O3/c1-19-14(18)15(16-11-12-5-4-10-20-12)7-9-17-8-3-2-6-13(15)17/h12-13,16H,2-11H2,1H3. The molecule has 0 aromatic carbocycles. The van der Waals surface area contributed by atoms with Crippen molar-refractivity contribution >= 4 is 5.97 Å². The van der Waals surface area contributed by atoms with Gasteiger partial charge in [0.15, 0.2) is 0 Å². The summed E-state index contributed by atoms with van der Waals surface area (Å²) in [5.41, 5.74) is -0.513. The van der Waals surface area contributed by atoms with Gasteiger partial charge in [0.1, 0.15) is 5.54 Å². The maximum atomic E-state index is 12.4. The van der Waals surface area contributed by atoms with E-state index in [2.05, 4.69) is 10.2 Å². The van der Waals surface area contributed by atoms with Crippen molar-refractivity contribution in [2.45, 2.75) is 56.2 Å². The molecule has 3 fully saturated rings. The van der Waals surface area contributed by atoms with E-state index < -0.39 is 5.54 Å². The van der Waals surface area contributed by atoms with E-state index in [4.69, 9.17) is 9.47 Å². The van der Waals surface area contributed by atoms with Gasteiger partial charge in [-0.05, 0) is 38.6 Å². The van der Waals surface area contributed by atoms with Crippen LogP contribution in [0.25, 0.3) is 0 Å². The van der Waals surface area contributed by atoms with Crippen LogP contribution >= 0.6 is 0 Å². The highest BCUT2D eigenvalue weighted by Crippen LogP contribution is 2.36. The van der Waals surface area contributed by atoms with E-state index in [0.717, 1.165) is 51.9 Å². The Morgan fingerprint density at radius 2 is 2.25 bits per heavy atom. The molecule has 3 saturated heterocycles. The van der Waals surface area contributed by atoms with E-state index in [1.165, 1.54) is 20.0 Å². The molecule has 3 aliphatic rings. The summed E-state index contributed by atoms with van der Waals surface area (Å²) >= 11 is 0. The maximum absolute atomic E-state index is 12.4. The Kier molecular flexibility index (Phi) is 4.29. The second kappa shape index (κ2) is 6.00.